The van der Waals surface area contributed by atoms with Crippen molar-refractivity contribution >= 4 is 33.0 Å². The molecule has 9 heteroatoms. The Labute approximate surface area is 198 Å². The van der Waals surface area contributed by atoms with Crippen LogP contribution in [0.4, 0.5) is 5.69 Å². The number of amides is 1. The number of carbonyl (C=O) groups is 1. The highest BCUT2D eigenvalue weighted by molar-refractivity contribution is 7.89. The largest absolute Gasteiger partial charge is 0.485 e. The van der Waals surface area contributed by atoms with Gasteiger partial charge in [0.25, 0.3) is 0 Å². The Morgan fingerprint density at radius 1 is 1.15 bits per heavy atom. The Kier molecular flexibility index (Phi) is 7.11. The van der Waals surface area contributed by atoms with E-state index in [4.69, 9.17) is 4.74 Å². The molecule has 1 aliphatic heterocycles. The summed E-state index contributed by atoms with van der Waals surface area (Å²) in [5, 5.41) is 4.88. The van der Waals surface area contributed by atoms with E-state index in [0.717, 1.165) is 16.8 Å². The van der Waals surface area contributed by atoms with Gasteiger partial charge < -0.3 is 10.1 Å². The van der Waals surface area contributed by atoms with Crippen molar-refractivity contribution in [3.05, 3.63) is 70.2 Å². The van der Waals surface area contributed by atoms with E-state index in [2.05, 4.69) is 10.3 Å². The second-order valence-corrected chi connectivity index (χ2v) is 10.8. The number of nitrogens with zero attached hydrogens (tertiary/aromatic N) is 2. The maximum atomic E-state index is 13.0. The van der Waals surface area contributed by atoms with Gasteiger partial charge in [0.15, 0.2) is 0 Å². The third kappa shape index (κ3) is 5.43. The fourth-order valence-electron chi connectivity index (χ4n) is 3.77. The van der Waals surface area contributed by atoms with Crippen LogP contribution >= 0.6 is 11.3 Å². The maximum absolute atomic E-state index is 13.0. The van der Waals surface area contributed by atoms with Crippen LogP contribution < -0.4 is 10.1 Å². The number of hydrogen-bond donors (Lipinski definition) is 1. The highest BCUT2D eigenvalue weighted by atomic mass is 32.2. The van der Waals surface area contributed by atoms with E-state index in [0.29, 0.717) is 48.9 Å². The van der Waals surface area contributed by atoms with Crippen LogP contribution in [0.25, 0.3) is 0 Å². The predicted molar refractivity (Wildman–Crippen MR) is 129 cm³/mol. The van der Waals surface area contributed by atoms with E-state index in [1.807, 2.05) is 37.4 Å². The Hall–Kier alpha value is -2.75. The van der Waals surface area contributed by atoms with Gasteiger partial charge in [-0.1, -0.05) is 18.2 Å². The molecule has 0 spiro atoms. The van der Waals surface area contributed by atoms with Crippen LogP contribution in [0.1, 0.15) is 29.7 Å². The number of nitrogens with one attached hydrogen (secondary N) is 1. The van der Waals surface area contributed by atoms with Gasteiger partial charge in [-0.25, -0.2) is 13.4 Å². The first-order valence-electron chi connectivity index (χ1n) is 10.8. The summed E-state index contributed by atoms with van der Waals surface area (Å²) in [4.78, 5) is 17.4. The summed E-state index contributed by atoms with van der Waals surface area (Å²) in [7, 11) is -3.57. The normalized spacial score (nSPS) is 15.3. The third-order valence-corrected chi connectivity index (χ3v) is 8.47. The number of aromatic nitrogens is 1. The van der Waals surface area contributed by atoms with E-state index in [9.17, 15) is 13.2 Å². The van der Waals surface area contributed by atoms with Crippen molar-refractivity contribution in [3.8, 4) is 5.75 Å². The Bertz CT molecular complexity index is 1220. The van der Waals surface area contributed by atoms with Crippen LogP contribution in [0.2, 0.25) is 0 Å². The molecule has 7 nitrogen and oxygen atoms in total. The number of benzene rings is 2. The minimum Gasteiger partial charge on any atom is -0.485 e. The second-order valence-electron chi connectivity index (χ2n) is 8.18. The predicted octanol–water partition coefficient (Wildman–Crippen LogP) is 4.38. The molecular weight excluding hydrogens is 458 g/mol. The molecule has 2 heterocycles. The molecule has 1 aliphatic rings. The summed E-state index contributed by atoms with van der Waals surface area (Å²) < 4.78 is 33.4. The first-order chi connectivity index (χ1) is 15.8. The van der Waals surface area contributed by atoms with Crippen LogP contribution in [-0.4, -0.2) is 36.7 Å². The summed E-state index contributed by atoms with van der Waals surface area (Å²) in [5.41, 5.74) is 5.18. The molecule has 1 saturated heterocycles. The molecule has 3 aromatic rings. The van der Waals surface area contributed by atoms with Crippen molar-refractivity contribution in [2.45, 2.75) is 38.2 Å². The van der Waals surface area contributed by atoms with Crippen molar-refractivity contribution in [2.75, 3.05) is 18.4 Å². The summed E-state index contributed by atoms with van der Waals surface area (Å²) >= 11 is 1.50. The number of thiazole rings is 1. The molecule has 4 rings (SSSR count). The standard InChI is InChI=1S/C24H27N3O4S2/c1-17-7-8-21(13-18(17)2)33(29,30)27-11-9-19(10-12-27)24(28)26-22-5-3-4-6-23(22)31-14-20-15-32-16-25-20/h3-8,13,15-16,19H,9-12,14H2,1-2H3,(H,26,28). The van der Waals surface area contributed by atoms with E-state index in [1.54, 1.807) is 29.8 Å². The number of piperidine rings is 1. The lowest BCUT2D eigenvalue weighted by Gasteiger charge is -2.30. The molecule has 1 fully saturated rings. The molecule has 1 aromatic heterocycles. The van der Waals surface area contributed by atoms with Crippen molar-refractivity contribution in [1.82, 2.24) is 9.29 Å². The first-order valence-corrected chi connectivity index (χ1v) is 13.2. The Morgan fingerprint density at radius 3 is 2.61 bits per heavy atom. The van der Waals surface area contributed by atoms with Gasteiger partial charge in [-0.2, -0.15) is 4.31 Å². The molecule has 0 saturated carbocycles. The number of hydrogen-bond acceptors (Lipinski definition) is 6. The van der Waals surface area contributed by atoms with Crippen molar-refractivity contribution in [2.24, 2.45) is 5.92 Å². The third-order valence-electron chi connectivity index (χ3n) is 5.94. The summed E-state index contributed by atoms with van der Waals surface area (Å²) in [6.07, 6.45) is 0.940. The SMILES string of the molecule is Cc1ccc(S(=O)(=O)N2CCC(C(=O)Nc3ccccc3OCc3cscn3)CC2)cc1C. The molecule has 0 atom stereocenters. The topological polar surface area (TPSA) is 88.6 Å². The summed E-state index contributed by atoms with van der Waals surface area (Å²) in [6, 6.07) is 12.5. The fraction of sp³-hybridized carbons (Fsp3) is 0.333. The molecule has 0 radical (unpaired) electrons. The average Bonchev–Trinajstić information content (AvgIpc) is 3.34. The van der Waals surface area contributed by atoms with E-state index < -0.39 is 10.0 Å². The fourth-order valence-corrected chi connectivity index (χ4v) is 5.87. The van der Waals surface area contributed by atoms with E-state index in [1.165, 1.54) is 15.6 Å². The van der Waals surface area contributed by atoms with Gasteiger partial charge in [-0.15, -0.1) is 11.3 Å². The minimum atomic E-state index is -3.57. The summed E-state index contributed by atoms with van der Waals surface area (Å²) in [6.45, 7) is 4.82. The number of ether oxygens (including phenoxy) is 1. The van der Waals surface area contributed by atoms with Crippen LogP contribution in [0.15, 0.2) is 58.3 Å². The number of aryl methyl sites for hydroxylation is 2. The quantitative estimate of drug-likeness (QED) is 0.537. The van der Waals surface area contributed by atoms with Crippen LogP contribution in [0.5, 0.6) is 5.75 Å². The zero-order valence-electron chi connectivity index (χ0n) is 18.7. The number of sulfonamides is 1. The maximum Gasteiger partial charge on any atom is 0.243 e. The summed E-state index contributed by atoms with van der Waals surface area (Å²) in [5.74, 6) is 0.194. The molecule has 0 unspecified atom stereocenters. The van der Waals surface area contributed by atoms with Gasteiger partial charge in [-0.3, -0.25) is 4.79 Å². The average molecular weight is 486 g/mol. The molecule has 1 amide bonds. The van der Waals surface area contributed by atoms with Gasteiger partial charge in [0.05, 0.1) is 21.8 Å². The highest BCUT2D eigenvalue weighted by Gasteiger charge is 2.32. The van der Waals surface area contributed by atoms with Crippen LogP contribution in [-0.2, 0) is 21.4 Å². The lowest BCUT2D eigenvalue weighted by molar-refractivity contribution is -0.120. The first kappa shape index (κ1) is 23.4. The lowest BCUT2D eigenvalue weighted by Crippen LogP contribution is -2.41. The Balaban J connectivity index is 1.36. The Morgan fingerprint density at radius 2 is 1.91 bits per heavy atom. The molecule has 0 aliphatic carbocycles. The van der Waals surface area contributed by atoms with Gasteiger partial charge in [0.1, 0.15) is 12.4 Å². The molecular formula is C24H27N3O4S2. The van der Waals surface area contributed by atoms with Gasteiger partial charge in [0.2, 0.25) is 15.9 Å². The number of carbonyl (C=O) groups excluding carboxylic acids is 1. The smallest absolute Gasteiger partial charge is 0.243 e. The van der Waals surface area contributed by atoms with Gasteiger partial charge in [-0.05, 0) is 62.1 Å². The van der Waals surface area contributed by atoms with Crippen molar-refractivity contribution in [3.63, 3.8) is 0 Å². The molecule has 1 N–H and O–H groups in total. The van der Waals surface area contributed by atoms with Crippen molar-refractivity contribution < 1.29 is 17.9 Å². The number of rotatable bonds is 7. The van der Waals surface area contributed by atoms with Crippen molar-refractivity contribution in [1.29, 1.82) is 0 Å². The monoisotopic (exact) mass is 485 g/mol. The molecule has 0 bridgehead atoms. The molecule has 2 aromatic carbocycles. The van der Waals surface area contributed by atoms with Crippen LogP contribution in [0, 0.1) is 19.8 Å². The zero-order chi connectivity index (χ0) is 23.4. The van der Waals surface area contributed by atoms with E-state index >= 15 is 0 Å². The van der Waals surface area contributed by atoms with Gasteiger partial charge >= 0.3 is 0 Å². The molecule has 174 valence electrons. The number of anilines is 1. The lowest BCUT2D eigenvalue weighted by atomic mass is 9.97. The van der Waals surface area contributed by atoms with Gasteiger partial charge in [0, 0.05) is 24.4 Å². The van der Waals surface area contributed by atoms with Crippen LogP contribution in [0.3, 0.4) is 0 Å². The zero-order valence-corrected chi connectivity index (χ0v) is 20.3. The second kappa shape index (κ2) is 10.0. The molecule has 33 heavy (non-hydrogen) atoms. The number of para-hydroxylation sites is 2. The van der Waals surface area contributed by atoms with E-state index in [-0.39, 0.29) is 11.8 Å². The highest BCUT2D eigenvalue weighted by Crippen LogP contribution is 2.29. The minimum absolute atomic E-state index is 0.122.